The summed E-state index contributed by atoms with van der Waals surface area (Å²) >= 11 is 0. The molecule has 4 nitrogen and oxygen atoms in total. The summed E-state index contributed by atoms with van der Waals surface area (Å²) in [4.78, 5) is 0. The van der Waals surface area contributed by atoms with E-state index in [2.05, 4.69) is 90.1 Å². The molecule has 2 N–H and O–H groups in total. The van der Waals surface area contributed by atoms with Crippen molar-refractivity contribution in [3.63, 3.8) is 0 Å². The van der Waals surface area contributed by atoms with Gasteiger partial charge in [-0.1, -0.05) is 117 Å². The molecule has 0 amide bonds. The second-order valence-electron chi connectivity index (χ2n) is 12.6. The Labute approximate surface area is 303 Å². The molecule has 0 aliphatic carbocycles. The number of hydrogen-bond donors (Lipinski definition) is 2. The monoisotopic (exact) mass is 738 g/mol. The van der Waals surface area contributed by atoms with Gasteiger partial charge >= 0.3 is 0 Å². The van der Waals surface area contributed by atoms with Crippen LogP contribution in [-0.2, 0) is 33.3 Å². The molecular formula is C42H68N2O2Pd. The first-order chi connectivity index (χ1) is 22.5. The first kappa shape index (κ1) is 45.1. The number of aryl methyl sites for hydroxylation is 2. The van der Waals surface area contributed by atoms with Crippen LogP contribution in [0.25, 0.3) is 16.9 Å². The molecule has 0 bridgehead atoms. The topological polar surface area (TPSA) is 65.8 Å². The number of hydrogen-bond acceptors (Lipinski definition) is 2. The van der Waals surface area contributed by atoms with E-state index in [1.165, 1.54) is 65.5 Å². The number of aliphatic hydroxyl groups excluding tert-OH is 2. The van der Waals surface area contributed by atoms with Gasteiger partial charge in [0.2, 0.25) is 11.4 Å². The molecule has 0 unspecified atom stereocenters. The van der Waals surface area contributed by atoms with E-state index >= 15 is 0 Å². The summed E-state index contributed by atoms with van der Waals surface area (Å²) in [6.45, 7) is 13.8. The molecule has 0 saturated heterocycles. The van der Waals surface area contributed by atoms with Crippen LogP contribution in [0.5, 0.6) is 0 Å². The van der Waals surface area contributed by atoms with Gasteiger partial charge in [-0.2, -0.15) is 0 Å². The summed E-state index contributed by atoms with van der Waals surface area (Å²) in [6, 6.07) is 17.9. The van der Waals surface area contributed by atoms with E-state index in [1.54, 1.807) is 0 Å². The summed E-state index contributed by atoms with van der Waals surface area (Å²) in [5, 5.41) is 16.1. The third-order valence-corrected chi connectivity index (χ3v) is 8.54. The molecule has 0 saturated carbocycles. The van der Waals surface area contributed by atoms with E-state index in [4.69, 9.17) is 10.2 Å². The molecule has 5 heteroatoms. The molecule has 1 aliphatic rings. The maximum absolute atomic E-state index is 11.7. The van der Waals surface area contributed by atoms with Crippen LogP contribution in [0.15, 0.2) is 59.7 Å². The molecule has 0 fully saturated rings. The zero-order valence-corrected chi connectivity index (χ0v) is 32.4. The van der Waals surface area contributed by atoms with Crippen LogP contribution in [0.4, 0.5) is 0 Å². The molecule has 0 atom stereocenters. The van der Waals surface area contributed by atoms with Gasteiger partial charge in [-0.25, -0.2) is 4.70 Å². The Morgan fingerprint density at radius 1 is 0.447 bits per heavy atom. The Bertz CT molecular complexity index is 1130. The van der Waals surface area contributed by atoms with Crippen molar-refractivity contribution in [3.05, 3.63) is 87.5 Å². The normalized spacial score (nSPS) is 12.4. The molecule has 1 heterocycles. The summed E-state index contributed by atoms with van der Waals surface area (Å²) < 4.78 is 1.52. The second-order valence-corrected chi connectivity index (χ2v) is 12.6. The largest absolute Gasteiger partial charge is 0.493 e. The predicted molar refractivity (Wildman–Crippen MR) is 200 cm³/mol. The Morgan fingerprint density at radius 3 is 1.11 bits per heavy atom. The summed E-state index contributed by atoms with van der Waals surface area (Å²) in [6.07, 6.45) is 20.5. The third-order valence-electron chi connectivity index (χ3n) is 8.54. The maximum atomic E-state index is 11.7. The van der Waals surface area contributed by atoms with Crippen molar-refractivity contribution >= 4 is 11.4 Å². The molecule has 2 aromatic carbocycles. The number of nitrogens with zero attached hydrogens (tertiary/aromatic N) is 2. The van der Waals surface area contributed by atoms with Crippen molar-refractivity contribution in [1.82, 2.24) is 0 Å². The van der Waals surface area contributed by atoms with Gasteiger partial charge in [-0.3, -0.25) is 0 Å². The fourth-order valence-corrected chi connectivity index (χ4v) is 5.60. The third kappa shape index (κ3) is 16.9. The van der Waals surface area contributed by atoms with Crippen molar-refractivity contribution in [2.24, 2.45) is 0 Å². The average Bonchev–Trinajstić information content (AvgIpc) is 3.35. The average molecular weight is 739 g/mol. The van der Waals surface area contributed by atoms with Gasteiger partial charge in [0.25, 0.3) is 0 Å². The summed E-state index contributed by atoms with van der Waals surface area (Å²) in [5.41, 5.74) is 21.4. The van der Waals surface area contributed by atoms with Crippen LogP contribution in [0, 0.1) is 0 Å². The number of unbranched alkanes of at least 4 members (excludes halogenated alkanes) is 8. The smallest absolute Gasteiger partial charge is 0.211 e. The van der Waals surface area contributed by atoms with Crippen molar-refractivity contribution < 1.29 is 35.3 Å². The number of aliphatic hydroxyl groups is 2. The van der Waals surface area contributed by atoms with Gasteiger partial charge in [0, 0.05) is 55.9 Å². The zero-order valence-electron chi connectivity index (χ0n) is 30.9. The van der Waals surface area contributed by atoms with E-state index in [0.29, 0.717) is 13.2 Å². The van der Waals surface area contributed by atoms with Gasteiger partial charge in [-0.05, 0) is 99.6 Å². The van der Waals surface area contributed by atoms with E-state index in [-0.39, 0.29) is 20.4 Å². The quantitative estimate of drug-likeness (QED) is 0.0807. The minimum atomic E-state index is 0. The van der Waals surface area contributed by atoms with Gasteiger partial charge in [0.15, 0.2) is 0 Å². The predicted octanol–water partition coefficient (Wildman–Crippen LogP) is 12.3. The van der Waals surface area contributed by atoms with Crippen molar-refractivity contribution in [3.8, 4) is 0 Å². The molecule has 0 radical (unpaired) electrons. The first-order valence-corrected chi connectivity index (χ1v) is 18.8. The molecule has 1 aliphatic heterocycles. The molecule has 2 aromatic rings. The van der Waals surface area contributed by atoms with Crippen molar-refractivity contribution in [2.45, 2.75) is 157 Å². The fraction of sp³-hybridized carbons (Fsp3) is 0.619. The Hall–Kier alpha value is -1.90. The van der Waals surface area contributed by atoms with Gasteiger partial charge in [0.1, 0.15) is 0 Å². The van der Waals surface area contributed by atoms with E-state index in [0.717, 1.165) is 99.6 Å². The SMILES string of the molecule is CCCCCCc1ccc(C2=C(CCCC)C(CCCC)=C(c3ccc(CCCC)cc3)[N+]2=[N-])cc1.CCCCO.CCCCO.[Pd]. The fourth-order valence-electron chi connectivity index (χ4n) is 5.60. The van der Waals surface area contributed by atoms with Crippen LogP contribution in [0.1, 0.15) is 167 Å². The van der Waals surface area contributed by atoms with Gasteiger partial charge in [-0.15, -0.1) is 0 Å². The Kier molecular flexibility index (Phi) is 27.9. The van der Waals surface area contributed by atoms with Gasteiger partial charge in [0.05, 0.1) is 0 Å². The van der Waals surface area contributed by atoms with Crippen LogP contribution in [0.3, 0.4) is 0 Å². The summed E-state index contributed by atoms with van der Waals surface area (Å²) in [7, 11) is 0. The van der Waals surface area contributed by atoms with Crippen molar-refractivity contribution in [1.29, 1.82) is 0 Å². The molecule has 0 aromatic heterocycles. The number of rotatable bonds is 20. The zero-order chi connectivity index (χ0) is 34.0. The second kappa shape index (κ2) is 29.1. The van der Waals surface area contributed by atoms with Crippen molar-refractivity contribution in [2.75, 3.05) is 13.2 Å². The van der Waals surface area contributed by atoms with E-state index in [9.17, 15) is 5.53 Å². The van der Waals surface area contributed by atoms with Crippen LogP contribution in [0.2, 0.25) is 0 Å². The molecule has 3 rings (SSSR count). The maximum Gasteiger partial charge on any atom is 0.211 e. The van der Waals surface area contributed by atoms with E-state index < -0.39 is 0 Å². The molecule has 268 valence electrons. The first-order valence-electron chi connectivity index (χ1n) is 18.8. The number of allylic oxidation sites excluding steroid dienone is 2. The summed E-state index contributed by atoms with van der Waals surface area (Å²) in [5.74, 6) is 0. The molecule has 0 spiro atoms. The standard InChI is InChI=1S/C34H48N2.2C4H10O.Pd/c1-5-9-13-14-16-28-21-25-30(26-22-28)34-32(18-12-8-4)31(17-11-7-3)33(36(34)35)29-23-19-27(20-24-29)15-10-6-2;2*1-2-3-4-5;/h19-26H,5-18H2,1-4H3;2*5H,2-4H2,1H3;. The minimum absolute atomic E-state index is 0. The molecular weight excluding hydrogens is 671 g/mol. The number of benzene rings is 2. The Morgan fingerprint density at radius 2 is 0.787 bits per heavy atom. The Balaban J connectivity index is 0.00000168. The molecule has 47 heavy (non-hydrogen) atoms. The van der Waals surface area contributed by atoms with E-state index in [1.807, 2.05) is 0 Å². The van der Waals surface area contributed by atoms with Gasteiger partial charge < -0.3 is 15.7 Å². The minimum Gasteiger partial charge on any atom is -0.493 e. The van der Waals surface area contributed by atoms with Crippen LogP contribution in [-0.4, -0.2) is 28.1 Å². The van der Waals surface area contributed by atoms with Crippen LogP contribution < -0.4 is 0 Å². The van der Waals surface area contributed by atoms with Crippen LogP contribution >= 0.6 is 0 Å².